The van der Waals surface area contributed by atoms with Crippen LogP contribution >= 0.6 is 0 Å². The van der Waals surface area contributed by atoms with Crippen LogP contribution in [-0.2, 0) is 6.42 Å². The molecule has 180 valence electrons. The van der Waals surface area contributed by atoms with Gasteiger partial charge in [-0.05, 0) is 73.0 Å². The molecule has 1 aliphatic carbocycles. The van der Waals surface area contributed by atoms with Crippen molar-refractivity contribution in [2.75, 3.05) is 13.7 Å². The number of aromatic carboxylic acids is 1. The molecule has 1 fully saturated rings. The zero-order chi connectivity index (χ0) is 24.2. The Hall–Kier alpha value is -3.80. The molecule has 6 heteroatoms. The summed E-state index contributed by atoms with van der Waals surface area (Å²) in [6.07, 6.45) is 6.73. The quantitative estimate of drug-likeness (QED) is 0.317. The number of nitrogens with zero attached hydrogens (tertiary/aromatic N) is 2. The topological polar surface area (TPSA) is 73.6 Å². The normalized spacial score (nSPS) is 14.2. The fraction of sp³-hybridized carbons (Fsp3) is 0.310. The highest BCUT2D eigenvalue weighted by Gasteiger charge is 2.23. The maximum absolute atomic E-state index is 11.5. The Morgan fingerprint density at radius 3 is 2.37 bits per heavy atom. The molecule has 0 aliphatic heterocycles. The second kappa shape index (κ2) is 10.2. The van der Waals surface area contributed by atoms with E-state index in [4.69, 9.17) is 14.5 Å². The number of carboxylic acids is 1. The molecule has 5 rings (SSSR count). The summed E-state index contributed by atoms with van der Waals surface area (Å²) in [6, 6.07) is 21.7. The molecule has 0 amide bonds. The van der Waals surface area contributed by atoms with Crippen molar-refractivity contribution in [2.24, 2.45) is 0 Å². The molecule has 1 saturated carbocycles. The van der Waals surface area contributed by atoms with E-state index in [1.165, 1.54) is 24.8 Å². The molecule has 1 aliphatic rings. The lowest BCUT2D eigenvalue weighted by Gasteiger charge is -2.25. The number of carboxylic acid groups (broad SMARTS) is 1. The number of hydrogen-bond acceptors (Lipinski definition) is 4. The van der Waals surface area contributed by atoms with E-state index in [1.54, 1.807) is 19.2 Å². The summed E-state index contributed by atoms with van der Waals surface area (Å²) < 4.78 is 13.5. The third kappa shape index (κ3) is 5.02. The van der Waals surface area contributed by atoms with Crippen LogP contribution in [0, 0.1) is 0 Å². The van der Waals surface area contributed by atoms with Gasteiger partial charge in [-0.3, -0.25) is 0 Å². The highest BCUT2D eigenvalue weighted by molar-refractivity contribution is 5.93. The van der Waals surface area contributed by atoms with Gasteiger partial charge in [0, 0.05) is 18.0 Å². The molecular weight excluding hydrogens is 440 g/mol. The molecule has 0 saturated heterocycles. The van der Waals surface area contributed by atoms with Gasteiger partial charge in [-0.15, -0.1) is 0 Å². The molecule has 0 unspecified atom stereocenters. The minimum absolute atomic E-state index is 0.262. The molecule has 0 atom stereocenters. The van der Waals surface area contributed by atoms with E-state index in [9.17, 15) is 9.90 Å². The van der Waals surface area contributed by atoms with E-state index >= 15 is 0 Å². The minimum atomic E-state index is -0.934. The van der Waals surface area contributed by atoms with Crippen molar-refractivity contribution >= 4 is 17.0 Å². The zero-order valence-electron chi connectivity index (χ0n) is 19.9. The molecule has 1 heterocycles. The van der Waals surface area contributed by atoms with Crippen molar-refractivity contribution in [2.45, 2.75) is 44.6 Å². The number of hydrogen-bond donors (Lipinski definition) is 1. The van der Waals surface area contributed by atoms with E-state index in [-0.39, 0.29) is 5.56 Å². The average molecular weight is 471 g/mol. The summed E-state index contributed by atoms with van der Waals surface area (Å²) >= 11 is 0. The number of benzene rings is 3. The van der Waals surface area contributed by atoms with E-state index in [1.807, 2.05) is 42.5 Å². The van der Waals surface area contributed by atoms with Crippen LogP contribution in [0.2, 0.25) is 0 Å². The third-order valence-electron chi connectivity index (χ3n) is 6.81. The number of fused-ring (bicyclic) bond motifs is 1. The Morgan fingerprint density at radius 2 is 1.69 bits per heavy atom. The Bertz CT molecular complexity index is 1300. The molecule has 1 aromatic heterocycles. The summed E-state index contributed by atoms with van der Waals surface area (Å²) in [5.74, 6) is 1.62. The standard InChI is InChI=1S/C29H30N2O4/c1-34-24-12-7-20(8-13-24)17-18-35-25-14-9-21(10-15-25)28-30-26-19-22(29(32)33)11-16-27(26)31(28)23-5-3-2-4-6-23/h7-16,19,23H,2-6,17-18H2,1H3,(H,32,33). The first-order valence-corrected chi connectivity index (χ1v) is 12.2. The maximum atomic E-state index is 11.5. The molecular formula is C29H30N2O4. The highest BCUT2D eigenvalue weighted by Crippen LogP contribution is 2.36. The lowest BCUT2D eigenvalue weighted by Crippen LogP contribution is -2.14. The Kier molecular flexibility index (Phi) is 6.70. The SMILES string of the molecule is COc1ccc(CCOc2ccc(-c3nc4cc(C(=O)O)ccc4n3C3CCCCC3)cc2)cc1. The van der Waals surface area contributed by atoms with Gasteiger partial charge in [-0.1, -0.05) is 31.4 Å². The number of carbonyl (C=O) groups is 1. The smallest absolute Gasteiger partial charge is 0.335 e. The first-order chi connectivity index (χ1) is 17.1. The largest absolute Gasteiger partial charge is 0.497 e. The van der Waals surface area contributed by atoms with Crippen LogP contribution in [-0.4, -0.2) is 34.3 Å². The van der Waals surface area contributed by atoms with E-state index in [0.717, 1.165) is 53.2 Å². The van der Waals surface area contributed by atoms with Gasteiger partial charge in [-0.2, -0.15) is 0 Å². The first-order valence-electron chi connectivity index (χ1n) is 12.2. The van der Waals surface area contributed by atoms with Crippen LogP contribution in [0.5, 0.6) is 11.5 Å². The van der Waals surface area contributed by atoms with Gasteiger partial charge in [0.15, 0.2) is 0 Å². The summed E-state index contributed by atoms with van der Waals surface area (Å²) in [7, 11) is 1.67. The average Bonchev–Trinajstić information content (AvgIpc) is 3.29. The summed E-state index contributed by atoms with van der Waals surface area (Å²) in [4.78, 5) is 16.4. The van der Waals surface area contributed by atoms with Crippen molar-refractivity contribution in [3.05, 3.63) is 77.9 Å². The predicted octanol–water partition coefficient (Wildman–Crippen LogP) is 6.54. The van der Waals surface area contributed by atoms with Gasteiger partial charge in [0.25, 0.3) is 0 Å². The zero-order valence-corrected chi connectivity index (χ0v) is 19.9. The van der Waals surface area contributed by atoms with Gasteiger partial charge in [0.2, 0.25) is 0 Å². The van der Waals surface area contributed by atoms with Crippen LogP contribution in [0.15, 0.2) is 66.7 Å². The van der Waals surface area contributed by atoms with Crippen molar-refractivity contribution < 1.29 is 19.4 Å². The number of methoxy groups -OCH3 is 1. The number of rotatable bonds is 8. The molecule has 0 radical (unpaired) electrons. The Morgan fingerprint density at radius 1 is 0.971 bits per heavy atom. The van der Waals surface area contributed by atoms with Gasteiger partial charge < -0.3 is 19.1 Å². The molecule has 3 aromatic carbocycles. The molecule has 0 bridgehead atoms. The predicted molar refractivity (Wildman–Crippen MR) is 136 cm³/mol. The molecule has 0 spiro atoms. The summed E-state index contributed by atoms with van der Waals surface area (Å²) in [5.41, 5.74) is 4.19. The third-order valence-corrected chi connectivity index (χ3v) is 6.81. The molecule has 4 aromatic rings. The Labute approximate surface area is 205 Å². The molecule has 1 N–H and O–H groups in total. The van der Waals surface area contributed by atoms with Crippen LogP contribution in [0.25, 0.3) is 22.4 Å². The minimum Gasteiger partial charge on any atom is -0.497 e. The van der Waals surface area contributed by atoms with E-state index in [2.05, 4.69) is 16.7 Å². The van der Waals surface area contributed by atoms with E-state index < -0.39 is 5.97 Å². The van der Waals surface area contributed by atoms with Crippen LogP contribution < -0.4 is 9.47 Å². The fourth-order valence-electron chi connectivity index (χ4n) is 4.92. The van der Waals surface area contributed by atoms with Gasteiger partial charge in [0.05, 0.1) is 30.3 Å². The van der Waals surface area contributed by atoms with Crippen LogP contribution in [0.3, 0.4) is 0 Å². The Balaban J connectivity index is 1.37. The van der Waals surface area contributed by atoms with Crippen molar-refractivity contribution in [1.82, 2.24) is 9.55 Å². The van der Waals surface area contributed by atoms with Crippen molar-refractivity contribution in [3.63, 3.8) is 0 Å². The second-order valence-corrected chi connectivity index (χ2v) is 9.08. The second-order valence-electron chi connectivity index (χ2n) is 9.08. The van der Waals surface area contributed by atoms with E-state index in [0.29, 0.717) is 12.6 Å². The molecule has 35 heavy (non-hydrogen) atoms. The monoisotopic (exact) mass is 470 g/mol. The lowest BCUT2D eigenvalue weighted by atomic mass is 9.95. The van der Waals surface area contributed by atoms with Gasteiger partial charge in [0.1, 0.15) is 17.3 Å². The van der Waals surface area contributed by atoms with Crippen molar-refractivity contribution in [3.8, 4) is 22.9 Å². The van der Waals surface area contributed by atoms with Crippen LogP contribution in [0.4, 0.5) is 0 Å². The first kappa shape index (κ1) is 23.0. The number of ether oxygens (including phenoxy) is 2. The number of aromatic nitrogens is 2. The fourth-order valence-corrected chi connectivity index (χ4v) is 4.92. The lowest BCUT2D eigenvalue weighted by molar-refractivity contribution is 0.0697. The van der Waals surface area contributed by atoms with Gasteiger partial charge in [-0.25, -0.2) is 9.78 Å². The van der Waals surface area contributed by atoms with Crippen LogP contribution in [0.1, 0.15) is 54.1 Å². The molecule has 6 nitrogen and oxygen atoms in total. The maximum Gasteiger partial charge on any atom is 0.335 e. The highest BCUT2D eigenvalue weighted by atomic mass is 16.5. The summed E-state index contributed by atoms with van der Waals surface area (Å²) in [5, 5.41) is 9.43. The number of imidazole rings is 1. The van der Waals surface area contributed by atoms with Crippen molar-refractivity contribution in [1.29, 1.82) is 0 Å². The summed E-state index contributed by atoms with van der Waals surface area (Å²) in [6.45, 7) is 0.588. The van der Waals surface area contributed by atoms with Gasteiger partial charge >= 0.3 is 5.97 Å².